The van der Waals surface area contributed by atoms with Gasteiger partial charge in [0.25, 0.3) is 0 Å². The molecule has 1 nitrogen and oxygen atoms in total. The van der Waals surface area contributed by atoms with Crippen LogP contribution in [0.25, 0.3) is 21.8 Å². The van der Waals surface area contributed by atoms with Gasteiger partial charge in [0.05, 0.1) is 0 Å². The van der Waals surface area contributed by atoms with Crippen LogP contribution in [0.5, 0.6) is 0 Å². The molecule has 0 amide bonds. The van der Waals surface area contributed by atoms with Gasteiger partial charge < -0.3 is 4.98 Å². The Hall–Kier alpha value is -2.54. The SMILES string of the molecule is Cc1ccccc1C.c1ccc2c(c1)[nH]c1ccccc12. The first-order valence-corrected chi connectivity index (χ1v) is 7.23. The highest BCUT2D eigenvalue weighted by Gasteiger charge is 2.00. The molecule has 0 atom stereocenters. The van der Waals surface area contributed by atoms with Crippen molar-refractivity contribution in [1.29, 1.82) is 0 Å². The number of rotatable bonds is 0. The van der Waals surface area contributed by atoms with Crippen LogP contribution in [0.4, 0.5) is 0 Å². The second kappa shape index (κ2) is 5.84. The minimum absolute atomic E-state index is 1.21. The minimum atomic E-state index is 1.21. The van der Waals surface area contributed by atoms with Gasteiger partial charge in [0.15, 0.2) is 0 Å². The molecule has 0 radical (unpaired) electrons. The first-order valence-electron chi connectivity index (χ1n) is 7.23. The van der Waals surface area contributed by atoms with Crippen LogP contribution in [-0.2, 0) is 0 Å². The molecule has 1 N–H and O–H groups in total. The molecule has 1 aromatic heterocycles. The van der Waals surface area contributed by atoms with E-state index in [2.05, 4.69) is 91.6 Å². The van der Waals surface area contributed by atoms with Crippen LogP contribution >= 0.6 is 0 Å². The molecule has 4 aromatic rings. The number of para-hydroxylation sites is 2. The summed E-state index contributed by atoms with van der Waals surface area (Å²) in [5, 5.41) is 2.61. The molecular formula is C20H19N. The number of H-pyrrole nitrogens is 1. The Morgan fingerprint density at radius 3 is 1.33 bits per heavy atom. The summed E-state index contributed by atoms with van der Waals surface area (Å²) in [6.07, 6.45) is 0. The summed E-state index contributed by atoms with van der Waals surface area (Å²) < 4.78 is 0. The van der Waals surface area contributed by atoms with Crippen molar-refractivity contribution in [2.75, 3.05) is 0 Å². The number of aromatic amines is 1. The van der Waals surface area contributed by atoms with E-state index in [1.54, 1.807) is 0 Å². The molecule has 1 heterocycles. The molecule has 104 valence electrons. The van der Waals surface area contributed by atoms with E-state index in [0.29, 0.717) is 0 Å². The van der Waals surface area contributed by atoms with Gasteiger partial charge in [-0.15, -0.1) is 0 Å². The molecule has 0 spiro atoms. The van der Waals surface area contributed by atoms with Crippen LogP contribution < -0.4 is 0 Å². The maximum Gasteiger partial charge on any atom is 0.0464 e. The zero-order valence-electron chi connectivity index (χ0n) is 12.4. The molecule has 4 rings (SSSR count). The molecule has 0 aliphatic rings. The predicted octanol–water partition coefficient (Wildman–Crippen LogP) is 5.62. The zero-order valence-corrected chi connectivity index (χ0v) is 12.4. The van der Waals surface area contributed by atoms with Gasteiger partial charge in [0.2, 0.25) is 0 Å². The fourth-order valence-electron chi connectivity index (χ4n) is 2.46. The molecule has 0 saturated carbocycles. The number of benzene rings is 3. The number of hydrogen-bond acceptors (Lipinski definition) is 0. The van der Waals surface area contributed by atoms with E-state index < -0.39 is 0 Å². The fraction of sp³-hybridized carbons (Fsp3) is 0.100. The van der Waals surface area contributed by atoms with Gasteiger partial charge in [-0.25, -0.2) is 0 Å². The number of aromatic nitrogens is 1. The van der Waals surface area contributed by atoms with Gasteiger partial charge in [0, 0.05) is 21.8 Å². The van der Waals surface area contributed by atoms with Crippen molar-refractivity contribution in [3.05, 3.63) is 83.9 Å². The maximum absolute atomic E-state index is 3.38. The molecule has 0 bridgehead atoms. The fourth-order valence-corrected chi connectivity index (χ4v) is 2.46. The van der Waals surface area contributed by atoms with E-state index in [4.69, 9.17) is 0 Å². The second-order valence-corrected chi connectivity index (χ2v) is 5.30. The van der Waals surface area contributed by atoms with E-state index in [1.807, 2.05) is 0 Å². The Morgan fingerprint density at radius 1 is 0.524 bits per heavy atom. The first kappa shape index (κ1) is 13.4. The number of aryl methyl sites for hydroxylation is 2. The normalized spacial score (nSPS) is 10.4. The standard InChI is InChI=1S/C12H9N.C8H10/c1-3-7-11-9(5-1)10-6-2-4-8-12(10)13-11;1-7-5-3-4-6-8(7)2/h1-8,13H;3-6H,1-2H3. The largest absolute Gasteiger partial charge is 0.355 e. The van der Waals surface area contributed by atoms with E-state index >= 15 is 0 Å². The summed E-state index contributed by atoms with van der Waals surface area (Å²) in [7, 11) is 0. The topological polar surface area (TPSA) is 15.8 Å². The molecule has 3 aromatic carbocycles. The Kier molecular flexibility index (Phi) is 3.74. The monoisotopic (exact) mass is 273 g/mol. The van der Waals surface area contributed by atoms with Crippen molar-refractivity contribution < 1.29 is 0 Å². The number of nitrogens with one attached hydrogen (secondary N) is 1. The van der Waals surface area contributed by atoms with Crippen molar-refractivity contribution in [2.24, 2.45) is 0 Å². The molecule has 1 heteroatoms. The number of fused-ring (bicyclic) bond motifs is 3. The Balaban J connectivity index is 0.000000143. The van der Waals surface area contributed by atoms with Crippen LogP contribution in [0, 0.1) is 13.8 Å². The van der Waals surface area contributed by atoms with Crippen molar-refractivity contribution in [1.82, 2.24) is 4.98 Å². The van der Waals surface area contributed by atoms with Gasteiger partial charge in [0.1, 0.15) is 0 Å². The third-order valence-electron chi connectivity index (χ3n) is 3.84. The Bertz CT molecular complexity index is 800. The van der Waals surface area contributed by atoms with E-state index in [0.717, 1.165) is 0 Å². The van der Waals surface area contributed by atoms with Crippen LogP contribution in [0.2, 0.25) is 0 Å². The van der Waals surface area contributed by atoms with Crippen LogP contribution in [0.3, 0.4) is 0 Å². The average Bonchev–Trinajstić information content (AvgIpc) is 2.90. The zero-order chi connectivity index (χ0) is 14.7. The summed E-state index contributed by atoms with van der Waals surface area (Å²) in [6, 6.07) is 25.1. The maximum atomic E-state index is 3.38. The summed E-state index contributed by atoms with van der Waals surface area (Å²) in [5.41, 5.74) is 5.16. The van der Waals surface area contributed by atoms with Crippen LogP contribution in [-0.4, -0.2) is 4.98 Å². The Morgan fingerprint density at radius 2 is 0.905 bits per heavy atom. The minimum Gasteiger partial charge on any atom is -0.355 e. The van der Waals surface area contributed by atoms with Gasteiger partial charge in [-0.3, -0.25) is 0 Å². The summed E-state index contributed by atoms with van der Waals surface area (Å²) in [4.78, 5) is 3.38. The molecular weight excluding hydrogens is 254 g/mol. The van der Waals surface area contributed by atoms with E-state index in [1.165, 1.54) is 32.9 Å². The summed E-state index contributed by atoms with van der Waals surface area (Å²) in [5.74, 6) is 0. The van der Waals surface area contributed by atoms with Crippen molar-refractivity contribution in [3.63, 3.8) is 0 Å². The second-order valence-electron chi connectivity index (χ2n) is 5.30. The predicted molar refractivity (Wildman–Crippen MR) is 91.7 cm³/mol. The van der Waals surface area contributed by atoms with Crippen molar-refractivity contribution in [3.8, 4) is 0 Å². The molecule has 0 fully saturated rings. The average molecular weight is 273 g/mol. The molecule has 0 unspecified atom stereocenters. The molecule has 0 saturated heterocycles. The lowest BCUT2D eigenvalue weighted by Gasteiger charge is -1.93. The highest BCUT2D eigenvalue weighted by molar-refractivity contribution is 6.06. The third-order valence-corrected chi connectivity index (χ3v) is 3.84. The highest BCUT2D eigenvalue weighted by Crippen LogP contribution is 2.24. The summed E-state index contributed by atoms with van der Waals surface area (Å²) in [6.45, 7) is 4.24. The van der Waals surface area contributed by atoms with E-state index in [-0.39, 0.29) is 0 Å². The van der Waals surface area contributed by atoms with Gasteiger partial charge in [-0.1, -0.05) is 60.7 Å². The molecule has 21 heavy (non-hydrogen) atoms. The molecule has 0 aliphatic carbocycles. The van der Waals surface area contributed by atoms with E-state index in [9.17, 15) is 0 Å². The van der Waals surface area contributed by atoms with Crippen molar-refractivity contribution in [2.45, 2.75) is 13.8 Å². The van der Waals surface area contributed by atoms with Crippen LogP contribution in [0.1, 0.15) is 11.1 Å². The highest BCUT2D eigenvalue weighted by atomic mass is 14.7. The van der Waals surface area contributed by atoms with Gasteiger partial charge in [-0.2, -0.15) is 0 Å². The van der Waals surface area contributed by atoms with Crippen molar-refractivity contribution >= 4 is 21.8 Å². The lowest BCUT2D eigenvalue weighted by molar-refractivity contribution is 1.34. The smallest absolute Gasteiger partial charge is 0.0464 e. The van der Waals surface area contributed by atoms with Gasteiger partial charge in [-0.05, 0) is 37.1 Å². The lowest BCUT2D eigenvalue weighted by atomic mass is 10.1. The Labute approximate surface area is 125 Å². The third kappa shape index (κ3) is 2.82. The quantitative estimate of drug-likeness (QED) is 0.427. The molecule has 0 aliphatic heterocycles. The number of hydrogen-bond donors (Lipinski definition) is 1. The first-order chi connectivity index (χ1) is 10.3. The summed E-state index contributed by atoms with van der Waals surface area (Å²) >= 11 is 0. The lowest BCUT2D eigenvalue weighted by Crippen LogP contribution is -1.74. The van der Waals surface area contributed by atoms with Crippen LogP contribution in [0.15, 0.2) is 72.8 Å². The van der Waals surface area contributed by atoms with Gasteiger partial charge >= 0.3 is 0 Å².